The number of ether oxygens (including phenoxy) is 1. The van der Waals surface area contributed by atoms with E-state index in [0.29, 0.717) is 30.5 Å². The van der Waals surface area contributed by atoms with Crippen LogP contribution in [0.15, 0.2) is 29.1 Å². The van der Waals surface area contributed by atoms with Crippen LogP contribution in [0.3, 0.4) is 0 Å². The second-order valence-corrected chi connectivity index (χ2v) is 6.92. The molecule has 1 fully saturated rings. The van der Waals surface area contributed by atoms with Crippen LogP contribution in [0.1, 0.15) is 27.4 Å². The Balaban J connectivity index is 1.60. The highest BCUT2D eigenvalue weighted by atomic mass is 32.1. The number of carbonyl (C=O) groups excluding carboxylic acids is 1. The van der Waals surface area contributed by atoms with Crippen LogP contribution in [-0.2, 0) is 11.3 Å². The number of hydrogen-bond donors (Lipinski definition) is 2. The van der Waals surface area contributed by atoms with E-state index in [1.165, 1.54) is 17.7 Å². The van der Waals surface area contributed by atoms with Gasteiger partial charge in [0, 0.05) is 6.61 Å². The van der Waals surface area contributed by atoms with Crippen molar-refractivity contribution in [3.63, 3.8) is 0 Å². The van der Waals surface area contributed by atoms with Gasteiger partial charge in [-0.3, -0.25) is 4.79 Å². The molecule has 1 atom stereocenters. The molecule has 1 unspecified atom stereocenters. The van der Waals surface area contributed by atoms with Gasteiger partial charge in [0.15, 0.2) is 0 Å². The average molecular weight is 358 g/mol. The third-order valence-corrected chi connectivity index (χ3v) is 5.41. The van der Waals surface area contributed by atoms with E-state index in [0.717, 1.165) is 28.0 Å². The Bertz CT molecular complexity index is 885. The fraction of sp³-hybridized carbons (Fsp3) is 0.353. The van der Waals surface area contributed by atoms with Gasteiger partial charge in [0.05, 0.1) is 35.7 Å². The number of nitrogens with one attached hydrogen (secondary N) is 2. The molecule has 3 aromatic rings. The summed E-state index contributed by atoms with van der Waals surface area (Å²) in [5.41, 5.74) is 0.888. The van der Waals surface area contributed by atoms with E-state index in [9.17, 15) is 4.79 Å². The molecular weight excluding hydrogens is 340 g/mol. The topological polar surface area (TPSA) is 89.3 Å². The highest BCUT2D eigenvalue weighted by molar-refractivity contribution is 7.20. The first-order valence-electron chi connectivity index (χ1n) is 8.11. The van der Waals surface area contributed by atoms with E-state index in [-0.39, 0.29) is 11.9 Å². The molecule has 3 aromatic heterocycles. The molecule has 4 rings (SSSR count). The molecule has 130 valence electrons. The SMILES string of the molecule is Cc1c(C(=O)NC2CCOC2)sc2ncnc(NCc3ccco3)c12. The molecule has 1 aliphatic heterocycles. The number of anilines is 1. The Kier molecular flexibility index (Phi) is 4.37. The number of carbonyl (C=O) groups is 1. The van der Waals surface area contributed by atoms with Crippen molar-refractivity contribution in [3.8, 4) is 0 Å². The predicted octanol–water partition coefficient (Wildman–Crippen LogP) is 2.72. The van der Waals surface area contributed by atoms with Crippen LogP contribution in [0.25, 0.3) is 10.2 Å². The lowest BCUT2D eigenvalue weighted by Gasteiger charge is -2.10. The lowest BCUT2D eigenvalue weighted by molar-refractivity contribution is 0.0933. The zero-order chi connectivity index (χ0) is 17.2. The van der Waals surface area contributed by atoms with Gasteiger partial charge in [-0.05, 0) is 31.0 Å². The lowest BCUT2D eigenvalue weighted by Crippen LogP contribution is -2.34. The number of furan rings is 1. The molecule has 1 saturated heterocycles. The molecule has 0 saturated carbocycles. The molecule has 0 bridgehead atoms. The molecule has 0 aromatic carbocycles. The normalized spacial score (nSPS) is 17.1. The zero-order valence-electron chi connectivity index (χ0n) is 13.7. The second kappa shape index (κ2) is 6.81. The number of aryl methyl sites for hydroxylation is 1. The predicted molar refractivity (Wildman–Crippen MR) is 94.9 cm³/mol. The van der Waals surface area contributed by atoms with Gasteiger partial charge in [0.25, 0.3) is 5.91 Å². The Labute approximate surface area is 148 Å². The van der Waals surface area contributed by atoms with Gasteiger partial charge in [-0.2, -0.15) is 0 Å². The van der Waals surface area contributed by atoms with Gasteiger partial charge < -0.3 is 19.8 Å². The maximum absolute atomic E-state index is 12.6. The summed E-state index contributed by atoms with van der Waals surface area (Å²) in [5, 5.41) is 7.18. The summed E-state index contributed by atoms with van der Waals surface area (Å²) in [6.07, 6.45) is 4.00. The third kappa shape index (κ3) is 3.22. The molecular formula is C17H18N4O3S. The highest BCUT2D eigenvalue weighted by Crippen LogP contribution is 2.33. The summed E-state index contributed by atoms with van der Waals surface area (Å²) in [4.78, 5) is 22.7. The van der Waals surface area contributed by atoms with E-state index in [1.54, 1.807) is 6.26 Å². The molecule has 0 spiro atoms. The van der Waals surface area contributed by atoms with Crippen molar-refractivity contribution in [2.24, 2.45) is 0 Å². The van der Waals surface area contributed by atoms with Crippen LogP contribution in [0.2, 0.25) is 0 Å². The first-order chi connectivity index (χ1) is 12.2. The standard InChI is InChI=1S/C17H18N4O3S/c1-10-13-15(18-7-12-3-2-5-24-12)19-9-20-17(13)25-14(10)16(22)21-11-4-6-23-8-11/h2-3,5,9,11H,4,6-8H2,1H3,(H,21,22)(H,18,19,20). The van der Waals surface area contributed by atoms with Gasteiger partial charge in [0.2, 0.25) is 0 Å². The summed E-state index contributed by atoms with van der Waals surface area (Å²) in [5.74, 6) is 1.45. The Morgan fingerprint density at radius 1 is 1.44 bits per heavy atom. The summed E-state index contributed by atoms with van der Waals surface area (Å²) in [7, 11) is 0. The molecule has 4 heterocycles. The Morgan fingerprint density at radius 3 is 3.12 bits per heavy atom. The maximum atomic E-state index is 12.6. The monoisotopic (exact) mass is 358 g/mol. The highest BCUT2D eigenvalue weighted by Gasteiger charge is 2.23. The third-order valence-electron chi connectivity index (χ3n) is 4.21. The summed E-state index contributed by atoms with van der Waals surface area (Å²) < 4.78 is 10.7. The van der Waals surface area contributed by atoms with E-state index < -0.39 is 0 Å². The van der Waals surface area contributed by atoms with Gasteiger partial charge in [-0.25, -0.2) is 9.97 Å². The van der Waals surface area contributed by atoms with Crippen molar-refractivity contribution in [1.29, 1.82) is 0 Å². The number of hydrogen-bond acceptors (Lipinski definition) is 7. The first-order valence-corrected chi connectivity index (χ1v) is 8.93. The van der Waals surface area contributed by atoms with Crippen LogP contribution >= 0.6 is 11.3 Å². The summed E-state index contributed by atoms with van der Waals surface area (Å²) in [6.45, 7) is 3.73. The Morgan fingerprint density at radius 2 is 2.36 bits per heavy atom. The molecule has 2 N–H and O–H groups in total. The smallest absolute Gasteiger partial charge is 0.262 e. The molecule has 0 aliphatic carbocycles. The van der Waals surface area contributed by atoms with Gasteiger partial charge in [-0.1, -0.05) is 0 Å². The van der Waals surface area contributed by atoms with Crippen LogP contribution < -0.4 is 10.6 Å². The number of thiophene rings is 1. The van der Waals surface area contributed by atoms with Crippen LogP contribution in [0.4, 0.5) is 5.82 Å². The minimum Gasteiger partial charge on any atom is -0.467 e. The zero-order valence-corrected chi connectivity index (χ0v) is 14.6. The van der Waals surface area contributed by atoms with Crippen molar-refractivity contribution in [2.75, 3.05) is 18.5 Å². The quantitative estimate of drug-likeness (QED) is 0.729. The first kappa shape index (κ1) is 16.0. The number of fused-ring (bicyclic) bond motifs is 1. The van der Waals surface area contributed by atoms with Crippen molar-refractivity contribution >= 4 is 33.3 Å². The molecule has 0 radical (unpaired) electrons. The minimum atomic E-state index is -0.0759. The number of rotatable bonds is 5. The van der Waals surface area contributed by atoms with Crippen LogP contribution in [0.5, 0.6) is 0 Å². The molecule has 7 nitrogen and oxygen atoms in total. The van der Waals surface area contributed by atoms with Crippen LogP contribution in [0, 0.1) is 6.92 Å². The van der Waals surface area contributed by atoms with E-state index >= 15 is 0 Å². The van der Waals surface area contributed by atoms with Crippen molar-refractivity contribution < 1.29 is 13.9 Å². The summed E-state index contributed by atoms with van der Waals surface area (Å²) in [6, 6.07) is 3.83. The fourth-order valence-electron chi connectivity index (χ4n) is 2.91. The number of nitrogens with zero attached hydrogens (tertiary/aromatic N) is 2. The Hall–Kier alpha value is -2.45. The fourth-order valence-corrected chi connectivity index (χ4v) is 3.96. The van der Waals surface area contributed by atoms with Crippen molar-refractivity contribution in [1.82, 2.24) is 15.3 Å². The number of amides is 1. The largest absolute Gasteiger partial charge is 0.467 e. The average Bonchev–Trinajstić information content (AvgIpc) is 3.35. The van der Waals surface area contributed by atoms with E-state index in [2.05, 4.69) is 20.6 Å². The molecule has 8 heteroatoms. The van der Waals surface area contributed by atoms with E-state index in [4.69, 9.17) is 9.15 Å². The molecule has 1 amide bonds. The lowest BCUT2D eigenvalue weighted by atomic mass is 10.2. The molecule has 25 heavy (non-hydrogen) atoms. The molecule has 1 aliphatic rings. The van der Waals surface area contributed by atoms with Gasteiger partial charge in [-0.15, -0.1) is 11.3 Å². The van der Waals surface area contributed by atoms with Gasteiger partial charge >= 0.3 is 0 Å². The maximum Gasteiger partial charge on any atom is 0.262 e. The van der Waals surface area contributed by atoms with Gasteiger partial charge in [0.1, 0.15) is 22.7 Å². The van der Waals surface area contributed by atoms with Crippen molar-refractivity contribution in [2.45, 2.75) is 25.9 Å². The number of aromatic nitrogens is 2. The van der Waals surface area contributed by atoms with Crippen molar-refractivity contribution in [3.05, 3.63) is 40.9 Å². The minimum absolute atomic E-state index is 0.0759. The summed E-state index contributed by atoms with van der Waals surface area (Å²) >= 11 is 1.39. The van der Waals surface area contributed by atoms with E-state index in [1.807, 2.05) is 19.1 Å². The van der Waals surface area contributed by atoms with Crippen LogP contribution in [-0.4, -0.2) is 35.1 Å². The second-order valence-electron chi connectivity index (χ2n) is 5.93.